The lowest BCUT2D eigenvalue weighted by Crippen LogP contribution is -2.47. The van der Waals surface area contributed by atoms with Gasteiger partial charge in [0.2, 0.25) is 5.91 Å². The number of carbonyl (C=O) groups excluding carboxylic acids is 3. The molecular weight excluding hydrogens is 666 g/mol. The van der Waals surface area contributed by atoms with Crippen LogP contribution in [0.3, 0.4) is 0 Å². The molecule has 1 aliphatic carbocycles. The van der Waals surface area contributed by atoms with E-state index in [0.29, 0.717) is 11.0 Å². The Morgan fingerprint density at radius 3 is 2.43 bits per heavy atom. The van der Waals surface area contributed by atoms with Crippen LogP contribution in [0.1, 0.15) is 35.4 Å². The number of ether oxygens (including phenoxy) is 2. The number of rotatable bonds is 8. The summed E-state index contributed by atoms with van der Waals surface area (Å²) in [5.41, 5.74) is 6.05. The van der Waals surface area contributed by atoms with Crippen LogP contribution in [-0.2, 0) is 25.7 Å². The lowest BCUT2D eigenvalue weighted by molar-refractivity contribution is -0.125. The molecule has 4 aromatic rings. The number of hydrogen-bond acceptors (Lipinski definition) is 8. The van der Waals surface area contributed by atoms with Gasteiger partial charge >= 0.3 is 12.2 Å². The maximum Gasteiger partial charge on any atom is 0.410 e. The first kappa shape index (κ1) is 30.7. The molecule has 7 rings (SSSR count). The molecule has 0 radical (unpaired) electrons. The minimum Gasteiger partial charge on any atom is -0.449 e. The average Bonchev–Trinajstić information content (AvgIpc) is 3.80. The van der Waals surface area contributed by atoms with Crippen LogP contribution < -0.4 is 10.6 Å². The predicted molar refractivity (Wildman–Crippen MR) is 178 cm³/mol. The summed E-state index contributed by atoms with van der Waals surface area (Å²) in [7, 11) is 0. The molecule has 3 atom stereocenters. The Balaban J connectivity index is 0.995. The van der Waals surface area contributed by atoms with Crippen molar-refractivity contribution in [3.8, 4) is 11.1 Å². The predicted octanol–water partition coefficient (Wildman–Crippen LogP) is 5.47. The van der Waals surface area contributed by atoms with Gasteiger partial charge in [0.05, 0.1) is 18.1 Å². The third-order valence-electron chi connectivity index (χ3n) is 8.71. The number of amides is 3. The van der Waals surface area contributed by atoms with E-state index in [-0.39, 0.29) is 50.7 Å². The highest BCUT2D eigenvalue weighted by Crippen LogP contribution is 2.44. The number of nitrogens with one attached hydrogen (secondary N) is 2. The Bertz CT molecular complexity index is 1820. The number of oxime groups is 1. The molecule has 1 saturated heterocycles. The number of halogens is 1. The summed E-state index contributed by atoms with van der Waals surface area (Å²) in [6, 6.07) is 24.4. The molecule has 2 aliphatic heterocycles. The summed E-state index contributed by atoms with van der Waals surface area (Å²) in [6.45, 7) is 0.421. The van der Waals surface area contributed by atoms with Gasteiger partial charge in [-0.25, -0.2) is 9.59 Å². The number of alkyl carbamates (subject to hydrolysis) is 1. The zero-order chi connectivity index (χ0) is 32.3. The molecule has 1 fully saturated rings. The molecule has 0 spiro atoms. The van der Waals surface area contributed by atoms with Gasteiger partial charge in [-0.15, -0.1) is 0 Å². The van der Waals surface area contributed by atoms with Crippen molar-refractivity contribution in [1.82, 2.24) is 20.5 Å². The number of hydrogen-bond donors (Lipinski definition) is 2. The summed E-state index contributed by atoms with van der Waals surface area (Å²) in [5.74, 6) is -0.467. The van der Waals surface area contributed by atoms with Crippen LogP contribution in [0.5, 0.6) is 0 Å². The van der Waals surface area contributed by atoms with Crippen molar-refractivity contribution in [3.63, 3.8) is 0 Å². The number of carbonyl (C=O) groups is 3. The molecule has 2 N–H and O–H groups in total. The van der Waals surface area contributed by atoms with Crippen LogP contribution in [-0.4, -0.2) is 70.5 Å². The summed E-state index contributed by atoms with van der Waals surface area (Å²) in [6.07, 6.45) is 0.780. The average molecular weight is 699 g/mol. The fraction of sp³-hybridized carbons (Fsp3) is 0.286. The van der Waals surface area contributed by atoms with Crippen LogP contribution in [0.25, 0.3) is 22.0 Å². The van der Waals surface area contributed by atoms with Crippen molar-refractivity contribution in [2.24, 2.45) is 5.16 Å². The van der Waals surface area contributed by atoms with Crippen molar-refractivity contribution in [2.45, 2.75) is 43.6 Å². The van der Waals surface area contributed by atoms with Gasteiger partial charge in [-0.1, -0.05) is 71.9 Å². The fourth-order valence-electron chi connectivity index (χ4n) is 6.46. The quantitative estimate of drug-likeness (QED) is 0.250. The van der Waals surface area contributed by atoms with E-state index in [1.807, 2.05) is 54.6 Å². The third-order valence-corrected chi connectivity index (χ3v) is 9.18. The molecule has 3 heterocycles. The number of aromatic nitrogens is 1. The van der Waals surface area contributed by atoms with Crippen molar-refractivity contribution in [2.75, 3.05) is 19.7 Å². The molecule has 3 aromatic carbocycles. The molecule has 47 heavy (non-hydrogen) atoms. The first-order valence-electron chi connectivity index (χ1n) is 15.5. The highest BCUT2D eigenvalue weighted by molar-refractivity contribution is 9.18. The molecule has 240 valence electrons. The standard InChI is InChI=1S/C35H32BrN5O6/c36-32-15-24(47-40-32)17-38-33(42)31-14-23(18-41(31)35(44)46-19-21-13-22-7-1-6-12-30(22)37-16-21)39-34(43)45-20-29-27-10-4-2-8-25(27)26-9-3-5-11-28(26)29/h1-13,16,23-24,29,31H,14-15,17-20H2,(H,38,42)(H,39,43)/t23-,24+,31+/m1/s1. The highest BCUT2D eigenvalue weighted by atomic mass is 79.9. The minimum atomic E-state index is -0.873. The zero-order valence-corrected chi connectivity index (χ0v) is 26.9. The van der Waals surface area contributed by atoms with Gasteiger partial charge in [0.15, 0.2) is 6.10 Å². The van der Waals surface area contributed by atoms with E-state index in [4.69, 9.17) is 14.3 Å². The second kappa shape index (κ2) is 13.4. The van der Waals surface area contributed by atoms with E-state index in [1.54, 1.807) is 6.20 Å². The Labute approximate surface area is 279 Å². The highest BCUT2D eigenvalue weighted by Gasteiger charge is 2.42. The minimum absolute atomic E-state index is 0.0206. The number of pyridine rings is 1. The van der Waals surface area contributed by atoms with Crippen molar-refractivity contribution in [1.29, 1.82) is 0 Å². The summed E-state index contributed by atoms with van der Waals surface area (Å²) in [4.78, 5) is 50.9. The van der Waals surface area contributed by atoms with Crippen LogP contribution >= 0.6 is 15.9 Å². The van der Waals surface area contributed by atoms with E-state index < -0.39 is 24.3 Å². The summed E-state index contributed by atoms with van der Waals surface area (Å²) >= 11 is 3.30. The lowest BCUT2D eigenvalue weighted by Gasteiger charge is -2.23. The molecule has 0 unspecified atom stereocenters. The van der Waals surface area contributed by atoms with Gasteiger partial charge in [-0.2, -0.15) is 0 Å². The first-order chi connectivity index (χ1) is 22.9. The summed E-state index contributed by atoms with van der Waals surface area (Å²) < 4.78 is 12.0. The molecular formula is C35H32BrN5O6. The van der Waals surface area contributed by atoms with Crippen molar-refractivity contribution < 1.29 is 28.7 Å². The Kier molecular flexibility index (Phi) is 8.75. The Morgan fingerprint density at radius 1 is 0.957 bits per heavy atom. The zero-order valence-electron chi connectivity index (χ0n) is 25.3. The van der Waals surface area contributed by atoms with Gasteiger partial charge in [-0.3, -0.25) is 14.7 Å². The van der Waals surface area contributed by atoms with E-state index in [0.717, 1.165) is 38.7 Å². The second-order valence-corrected chi connectivity index (χ2v) is 12.7. The maximum absolute atomic E-state index is 13.4. The first-order valence-corrected chi connectivity index (χ1v) is 16.3. The fourth-order valence-corrected chi connectivity index (χ4v) is 6.90. The normalized spacial score (nSPS) is 19.8. The monoisotopic (exact) mass is 697 g/mol. The van der Waals surface area contributed by atoms with E-state index in [9.17, 15) is 14.4 Å². The van der Waals surface area contributed by atoms with Crippen LogP contribution in [0.4, 0.5) is 9.59 Å². The number of para-hydroxylation sites is 1. The number of likely N-dealkylation sites (tertiary alicyclic amines) is 1. The van der Waals surface area contributed by atoms with Gasteiger partial charge in [0.1, 0.15) is 23.9 Å². The molecule has 3 aliphatic rings. The van der Waals surface area contributed by atoms with Crippen molar-refractivity contribution >= 4 is 49.5 Å². The molecule has 1 aromatic heterocycles. The third kappa shape index (κ3) is 6.64. The SMILES string of the molecule is O=C(N[C@@H]1C[C@@H](C(=O)NC[C@@H]2CC(Br)=NO2)N(C(=O)OCc2cnc3ccccc3c2)C1)OCC1c2ccccc2-c2ccccc21. The smallest absolute Gasteiger partial charge is 0.410 e. The lowest BCUT2D eigenvalue weighted by atomic mass is 9.98. The maximum atomic E-state index is 13.4. The summed E-state index contributed by atoms with van der Waals surface area (Å²) in [5, 5.41) is 10.5. The number of nitrogens with zero attached hydrogens (tertiary/aromatic N) is 3. The number of fused-ring (bicyclic) bond motifs is 4. The molecule has 0 saturated carbocycles. The van der Waals surface area contributed by atoms with E-state index in [1.165, 1.54) is 4.90 Å². The molecule has 12 heteroatoms. The largest absolute Gasteiger partial charge is 0.449 e. The van der Waals surface area contributed by atoms with E-state index >= 15 is 0 Å². The van der Waals surface area contributed by atoms with Gasteiger partial charge in [0, 0.05) is 36.0 Å². The van der Waals surface area contributed by atoms with Crippen molar-refractivity contribution in [3.05, 3.63) is 102 Å². The Morgan fingerprint density at radius 2 is 1.68 bits per heavy atom. The van der Waals surface area contributed by atoms with Crippen LogP contribution in [0.2, 0.25) is 0 Å². The van der Waals surface area contributed by atoms with Gasteiger partial charge in [0.25, 0.3) is 0 Å². The molecule has 0 bridgehead atoms. The van der Waals surface area contributed by atoms with Gasteiger partial charge in [-0.05, 0) is 56.7 Å². The number of benzene rings is 3. The molecule has 3 amide bonds. The second-order valence-electron chi connectivity index (χ2n) is 11.8. The topological polar surface area (TPSA) is 131 Å². The Hall–Kier alpha value is -4.97. The van der Waals surface area contributed by atoms with Crippen LogP contribution in [0.15, 0.2) is 90.2 Å². The van der Waals surface area contributed by atoms with Crippen LogP contribution in [0, 0.1) is 0 Å². The molecule has 11 nitrogen and oxygen atoms in total. The van der Waals surface area contributed by atoms with Gasteiger partial charge < -0.3 is 24.9 Å². The van der Waals surface area contributed by atoms with E-state index in [2.05, 4.69) is 61.0 Å².